The van der Waals surface area contributed by atoms with E-state index in [1.165, 1.54) is 0 Å². The van der Waals surface area contributed by atoms with Crippen LogP contribution in [0.15, 0.2) is 18.3 Å². The van der Waals surface area contributed by atoms with Crippen molar-refractivity contribution in [1.29, 1.82) is 0 Å². The van der Waals surface area contributed by atoms with Crippen LogP contribution in [-0.4, -0.2) is 29.1 Å². The predicted molar refractivity (Wildman–Crippen MR) is 75.3 cm³/mol. The molecule has 0 saturated heterocycles. The molecule has 2 amide bonds. The Kier molecular flexibility index (Phi) is 5.49. The van der Waals surface area contributed by atoms with Crippen molar-refractivity contribution in [1.82, 2.24) is 10.3 Å². The van der Waals surface area contributed by atoms with Gasteiger partial charge in [0.1, 0.15) is 11.3 Å². The molecule has 0 unspecified atom stereocenters. The lowest BCUT2D eigenvalue weighted by molar-refractivity contribution is 0.0527. The number of hydrogen-bond acceptors (Lipinski definition) is 4. The van der Waals surface area contributed by atoms with Gasteiger partial charge in [-0.3, -0.25) is 9.78 Å². The van der Waals surface area contributed by atoms with Gasteiger partial charge in [0.05, 0.1) is 0 Å². The molecule has 6 nitrogen and oxygen atoms in total. The molecule has 1 heterocycles. The molecule has 0 saturated carbocycles. The van der Waals surface area contributed by atoms with Gasteiger partial charge >= 0.3 is 6.09 Å². The zero-order valence-electron chi connectivity index (χ0n) is 12.1. The number of carbonyl (C=O) groups excluding carboxylic acids is 2. The molecule has 3 N–H and O–H groups in total. The lowest BCUT2D eigenvalue weighted by Gasteiger charge is -2.19. The Labute approximate surface area is 118 Å². The van der Waals surface area contributed by atoms with Crippen LogP contribution >= 0.6 is 0 Å². The van der Waals surface area contributed by atoms with Crippen LogP contribution in [0.25, 0.3) is 0 Å². The van der Waals surface area contributed by atoms with Crippen molar-refractivity contribution >= 4 is 12.0 Å². The quantitative estimate of drug-likeness (QED) is 0.801. The van der Waals surface area contributed by atoms with E-state index in [0.717, 1.165) is 18.4 Å². The number of aryl methyl sites for hydroxylation is 1. The normalized spacial score (nSPS) is 10.9. The van der Waals surface area contributed by atoms with Crippen LogP contribution in [0.1, 0.15) is 43.2 Å². The maximum absolute atomic E-state index is 11.4. The van der Waals surface area contributed by atoms with E-state index in [9.17, 15) is 9.59 Å². The Morgan fingerprint density at radius 1 is 1.40 bits per heavy atom. The fourth-order valence-corrected chi connectivity index (χ4v) is 1.56. The lowest BCUT2D eigenvalue weighted by atomic mass is 10.1. The molecule has 0 aliphatic heterocycles. The largest absolute Gasteiger partial charge is 0.444 e. The van der Waals surface area contributed by atoms with Crippen molar-refractivity contribution in [3.8, 4) is 0 Å². The molecule has 0 fully saturated rings. The summed E-state index contributed by atoms with van der Waals surface area (Å²) in [6.45, 7) is 5.95. The Morgan fingerprint density at radius 2 is 2.10 bits per heavy atom. The van der Waals surface area contributed by atoms with Gasteiger partial charge in [-0.05, 0) is 51.3 Å². The first-order chi connectivity index (χ1) is 9.28. The van der Waals surface area contributed by atoms with E-state index in [2.05, 4.69) is 10.3 Å². The van der Waals surface area contributed by atoms with E-state index in [1.807, 2.05) is 26.8 Å². The number of rotatable bonds is 5. The number of hydrogen-bond donors (Lipinski definition) is 2. The summed E-state index contributed by atoms with van der Waals surface area (Å²) in [6.07, 6.45) is 2.58. The summed E-state index contributed by atoms with van der Waals surface area (Å²) in [4.78, 5) is 26.3. The summed E-state index contributed by atoms with van der Waals surface area (Å²) in [5.41, 5.74) is 5.88. The molecule has 110 valence electrons. The highest BCUT2D eigenvalue weighted by atomic mass is 16.6. The van der Waals surface area contributed by atoms with Gasteiger partial charge in [0.2, 0.25) is 0 Å². The molecule has 0 aliphatic rings. The van der Waals surface area contributed by atoms with Crippen LogP contribution in [0, 0.1) is 0 Å². The molecule has 0 atom stereocenters. The topological polar surface area (TPSA) is 94.3 Å². The molecule has 20 heavy (non-hydrogen) atoms. The second kappa shape index (κ2) is 6.88. The molecule has 0 bridgehead atoms. The van der Waals surface area contributed by atoms with Crippen LogP contribution in [-0.2, 0) is 11.2 Å². The van der Waals surface area contributed by atoms with Gasteiger partial charge in [0.15, 0.2) is 0 Å². The van der Waals surface area contributed by atoms with E-state index in [-0.39, 0.29) is 5.69 Å². The zero-order valence-corrected chi connectivity index (χ0v) is 12.1. The van der Waals surface area contributed by atoms with Gasteiger partial charge in [-0.2, -0.15) is 0 Å². The SMILES string of the molecule is CC(C)(C)OC(=O)NCCCc1ccnc(C(N)=O)c1. The molecule has 0 aliphatic carbocycles. The van der Waals surface area contributed by atoms with Gasteiger partial charge in [0.25, 0.3) is 5.91 Å². The van der Waals surface area contributed by atoms with Crippen molar-refractivity contribution in [2.75, 3.05) is 6.54 Å². The molecule has 0 aromatic carbocycles. The Hall–Kier alpha value is -2.11. The van der Waals surface area contributed by atoms with Gasteiger partial charge < -0.3 is 15.8 Å². The number of nitrogens with zero attached hydrogens (tertiary/aromatic N) is 1. The summed E-state index contributed by atoms with van der Waals surface area (Å²) >= 11 is 0. The van der Waals surface area contributed by atoms with Crippen molar-refractivity contribution < 1.29 is 14.3 Å². The highest BCUT2D eigenvalue weighted by molar-refractivity contribution is 5.90. The number of pyridine rings is 1. The maximum Gasteiger partial charge on any atom is 0.407 e. The molecule has 6 heteroatoms. The Bertz CT molecular complexity index is 481. The number of primary amides is 1. The van der Waals surface area contributed by atoms with Crippen LogP contribution in [0.2, 0.25) is 0 Å². The monoisotopic (exact) mass is 279 g/mol. The molecular weight excluding hydrogens is 258 g/mol. The lowest BCUT2D eigenvalue weighted by Crippen LogP contribution is -2.33. The highest BCUT2D eigenvalue weighted by Crippen LogP contribution is 2.07. The van der Waals surface area contributed by atoms with Gasteiger partial charge in [-0.15, -0.1) is 0 Å². The number of nitrogens with two attached hydrogens (primary N) is 1. The molecule has 1 aromatic heterocycles. The average Bonchev–Trinajstić information content (AvgIpc) is 2.33. The number of amides is 2. The maximum atomic E-state index is 11.4. The Balaban J connectivity index is 2.33. The summed E-state index contributed by atoms with van der Waals surface area (Å²) in [5.74, 6) is -0.543. The van der Waals surface area contributed by atoms with Crippen molar-refractivity contribution in [3.63, 3.8) is 0 Å². The van der Waals surface area contributed by atoms with Gasteiger partial charge in [0, 0.05) is 12.7 Å². The third kappa shape index (κ3) is 6.17. The van der Waals surface area contributed by atoms with Crippen LogP contribution < -0.4 is 11.1 Å². The van der Waals surface area contributed by atoms with E-state index < -0.39 is 17.6 Å². The first-order valence-corrected chi connectivity index (χ1v) is 6.49. The summed E-state index contributed by atoms with van der Waals surface area (Å²) < 4.78 is 5.12. The summed E-state index contributed by atoms with van der Waals surface area (Å²) in [5, 5.41) is 2.68. The number of alkyl carbamates (subject to hydrolysis) is 1. The number of ether oxygens (including phenoxy) is 1. The second-order valence-corrected chi connectivity index (χ2v) is 5.45. The Morgan fingerprint density at radius 3 is 2.70 bits per heavy atom. The zero-order chi connectivity index (χ0) is 15.2. The minimum atomic E-state index is -0.543. The third-order valence-corrected chi connectivity index (χ3v) is 2.39. The standard InChI is InChI=1S/C14H21N3O3/c1-14(2,3)20-13(19)17-7-4-5-10-6-8-16-11(9-10)12(15)18/h6,8-9H,4-5,7H2,1-3H3,(H2,15,18)(H,17,19). The number of carbonyl (C=O) groups is 2. The summed E-state index contributed by atoms with van der Waals surface area (Å²) in [6, 6.07) is 3.48. The number of nitrogens with one attached hydrogen (secondary N) is 1. The minimum absolute atomic E-state index is 0.252. The average molecular weight is 279 g/mol. The van der Waals surface area contributed by atoms with E-state index >= 15 is 0 Å². The molecule has 0 radical (unpaired) electrons. The summed E-state index contributed by atoms with van der Waals surface area (Å²) in [7, 11) is 0. The van der Waals surface area contributed by atoms with Crippen molar-refractivity contribution in [3.05, 3.63) is 29.6 Å². The van der Waals surface area contributed by atoms with E-state index in [1.54, 1.807) is 12.3 Å². The molecular formula is C14H21N3O3. The first-order valence-electron chi connectivity index (χ1n) is 6.49. The smallest absolute Gasteiger partial charge is 0.407 e. The predicted octanol–water partition coefficient (Wildman–Crippen LogP) is 1.64. The minimum Gasteiger partial charge on any atom is -0.444 e. The first kappa shape index (κ1) is 15.9. The molecule has 1 rings (SSSR count). The highest BCUT2D eigenvalue weighted by Gasteiger charge is 2.15. The second-order valence-electron chi connectivity index (χ2n) is 5.45. The van der Waals surface area contributed by atoms with Crippen molar-refractivity contribution in [2.24, 2.45) is 5.73 Å². The van der Waals surface area contributed by atoms with E-state index in [0.29, 0.717) is 6.54 Å². The van der Waals surface area contributed by atoms with Gasteiger partial charge in [-0.25, -0.2) is 4.79 Å². The molecule has 0 spiro atoms. The van der Waals surface area contributed by atoms with Crippen LogP contribution in [0.5, 0.6) is 0 Å². The van der Waals surface area contributed by atoms with Crippen LogP contribution in [0.3, 0.4) is 0 Å². The fraction of sp³-hybridized carbons (Fsp3) is 0.500. The number of aromatic nitrogens is 1. The third-order valence-electron chi connectivity index (χ3n) is 2.39. The fourth-order valence-electron chi connectivity index (χ4n) is 1.56. The van der Waals surface area contributed by atoms with Crippen molar-refractivity contribution in [2.45, 2.75) is 39.2 Å². The van der Waals surface area contributed by atoms with E-state index in [4.69, 9.17) is 10.5 Å². The molecule has 1 aromatic rings. The van der Waals surface area contributed by atoms with Gasteiger partial charge in [-0.1, -0.05) is 0 Å². The van der Waals surface area contributed by atoms with Crippen LogP contribution in [0.4, 0.5) is 4.79 Å².